The maximum absolute atomic E-state index is 12.9. The van der Waals surface area contributed by atoms with Crippen LogP contribution in [-0.4, -0.2) is 46.4 Å². The molecule has 1 aliphatic heterocycles. The third-order valence-electron chi connectivity index (χ3n) is 5.05. The van der Waals surface area contributed by atoms with Crippen molar-refractivity contribution in [3.63, 3.8) is 0 Å². The van der Waals surface area contributed by atoms with Gasteiger partial charge in [0.05, 0.1) is 0 Å². The number of carboxylic acid groups (broad SMARTS) is 1. The number of carbonyl (C=O) groups excluding carboxylic acids is 2. The second-order valence-corrected chi connectivity index (χ2v) is 7.28. The van der Waals surface area contributed by atoms with Gasteiger partial charge in [0.1, 0.15) is 12.1 Å². The molecule has 27 heavy (non-hydrogen) atoms. The van der Waals surface area contributed by atoms with Crippen LogP contribution in [0.3, 0.4) is 0 Å². The number of carboxylic acids is 1. The fourth-order valence-corrected chi connectivity index (χ4v) is 3.53. The van der Waals surface area contributed by atoms with Gasteiger partial charge < -0.3 is 15.3 Å². The summed E-state index contributed by atoms with van der Waals surface area (Å²) in [6.07, 6.45) is 1.11. The van der Waals surface area contributed by atoms with Crippen LogP contribution in [0.2, 0.25) is 0 Å². The molecule has 2 aromatic rings. The molecule has 2 N–H and O–H groups in total. The van der Waals surface area contributed by atoms with E-state index < -0.39 is 18.1 Å². The Morgan fingerprint density at radius 3 is 2.48 bits per heavy atom. The summed E-state index contributed by atoms with van der Waals surface area (Å²) in [5.74, 6) is -1.82. The van der Waals surface area contributed by atoms with Crippen LogP contribution < -0.4 is 5.32 Å². The van der Waals surface area contributed by atoms with Gasteiger partial charge in [0, 0.05) is 12.1 Å². The number of aliphatic carboxylic acids is 1. The van der Waals surface area contributed by atoms with Crippen LogP contribution in [0.25, 0.3) is 10.8 Å². The standard InChI is InChI=1S/C21H24N2O4/c1-13(2)18(20(25)23-11-5-8-17(23)21(26)27)22-19(24)16-10-9-14-6-3-4-7-15(14)12-16/h3-4,6-7,9-10,12-13,17-18H,5,8,11H2,1-2H3,(H,22,24)(H,26,27)/t17-,18?/m0/s1. The van der Waals surface area contributed by atoms with E-state index in [4.69, 9.17) is 0 Å². The number of likely N-dealkylation sites (tertiary alicyclic amines) is 1. The number of benzene rings is 2. The second kappa shape index (κ2) is 7.78. The lowest BCUT2D eigenvalue weighted by Gasteiger charge is -2.29. The Balaban J connectivity index is 1.79. The van der Waals surface area contributed by atoms with Crippen molar-refractivity contribution in [1.82, 2.24) is 10.2 Å². The average molecular weight is 368 g/mol. The Labute approximate surface area is 158 Å². The van der Waals surface area contributed by atoms with Crippen molar-refractivity contribution >= 4 is 28.6 Å². The molecule has 6 nitrogen and oxygen atoms in total. The molecular formula is C21H24N2O4. The van der Waals surface area contributed by atoms with Gasteiger partial charge in [-0.25, -0.2) is 4.79 Å². The smallest absolute Gasteiger partial charge is 0.326 e. The molecule has 2 aromatic carbocycles. The Morgan fingerprint density at radius 2 is 1.81 bits per heavy atom. The normalized spacial score (nSPS) is 17.9. The lowest BCUT2D eigenvalue weighted by molar-refractivity contribution is -0.149. The number of nitrogens with one attached hydrogen (secondary N) is 1. The van der Waals surface area contributed by atoms with E-state index in [1.54, 1.807) is 12.1 Å². The van der Waals surface area contributed by atoms with Crippen molar-refractivity contribution < 1.29 is 19.5 Å². The maximum Gasteiger partial charge on any atom is 0.326 e. The van der Waals surface area contributed by atoms with E-state index in [1.165, 1.54) is 4.90 Å². The van der Waals surface area contributed by atoms with Crippen LogP contribution in [0.5, 0.6) is 0 Å². The molecule has 0 aromatic heterocycles. The predicted molar refractivity (Wildman–Crippen MR) is 102 cm³/mol. The highest BCUT2D eigenvalue weighted by Gasteiger charge is 2.38. The van der Waals surface area contributed by atoms with Crippen molar-refractivity contribution in [3.05, 3.63) is 48.0 Å². The molecule has 1 saturated heterocycles. The largest absolute Gasteiger partial charge is 0.480 e. The molecule has 0 aliphatic carbocycles. The molecule has 2 amide bonds. The number of hydrogen-bond acceptors (Lipinski definition) is 3. The SMILES string of the molecule is CC(C)C(NC(=O)c1ccc2ccccc2c1)C(=O)N1CCC[C@H]1C(=O)O. The molecule has 2 atom stereocenters. The molecule has 1 unspecified atom stereocenters. The molecule has 3 rings (SSSR count). The van der Waals surface area contributed by atoms with Gasteiger partial charge in [0.25, 0.3) is 5.91 Å². The molecule has 1 heterocycles. The fourth-order valence-electron chi connectivity index (χ4n) is 3.53. The van der Waals surface area contributed by atoms with E-state index in [0.29, 0.717) is 24.9 Å². The van der Waals surface area contributed by atoms with Crippen LogP contribution in [0.1, 0.15) is 37.0 Å². The zero-order valence-corrected chi connectivity index (χ0v) is 15.5. The highest BCUT2D eigenvalue weighted by Crippen LogP contribution is 2.21. The van der Waals surface area contributed by atoms with Crippen LogP contribution in [0.15, 0.2) is 42.5 Å². The molecule has 0 saturated carbocycles. The lowest BCUT2D eigenvalue weighted by Crippen LogP contribution is -2.53. The van der Waals surface area contributed by atoms with Crippen molar-refractivity contribution in [1.29, 1.82) is 0 Å². The van der Waals surface area contributed by atoms with E-state index >= 15 is 0 Å². The number of fused-ring (bicyclic) bond motifs is 1. The summed E-state index contributed by atoms with van der Waals surface area (Å²) in [4.78, 5) is 38.4. The minimum atomic E-state index is -0.996. The lowest BCUT2D eigenvalue weighted by atomic mass is 10.0. The first-order valence-corrected chi connectivity index (χ1v) is 9.21. The Hall–Kier alpha value is -2.89. The minimum absolute atomic E-state index is 0.156. The monoisotopic (exact) mass is 368 g/mol. The summed E-state index contributed by atoms with van der Waals surface area (Å²) < 4.78 is 0. The van der Waals surface area contributed by atoms with Gasteiger partial charge in [-0.3, -0.25) is 9.59 Å². The first-order valence-electron chi connectivity index (χ1n) is 9.21. The van der Waals surface area contributed by atoms with E-state index in [0.717, 1.165) is 10.8 Å². The van der Waals surface area contributed by atoms with E-state index in [2.05, 4.69) is 5.32 Å². The number of amides is 2. The van der Waals surface area contributed by atoms with Crippen LogP contribution in [-0.2, 0) is 9.59 Å². The van der Waals surface area contributed by atoms with Crippen molar-refractivity contribution in [2.75, 3.05) is 6.54 Å². The van der Waals surface area contributed by atoms with E-state index in [1.807, 2.05) is 44.2 Å². The molecular weight excluding hydrogens is 344 g/mol. The zero-order chi connectivity index (χ0) is 19.6. The highest BCUT2D eigenvalue weighted by molar-refractivity contribution is 6.01. The first-order chi connectivity index (χ1) is 12.9. The molecule has 0 bridgehead atoms. The molecule has 0 spiro atoms. The summed E-state index contributed by atoms with van der Waals surface area (Å²) in [5, 5.41) is 14.1. The third kappa shape index (κ3) is 3.94. The first kappa shape index (κ1) is 18.9. The number of nitrogens with zero attached hydrogens (tertiary/aromatic N) is 1. The predicted octanol–water partition coefficient (Wildman–Crippen LogP) is 2.67. The number of rotatable bonds is 5. The Kier molecular flexibility index (Phi) is 5.44. The van der Waals surface area contributed by atoms with Crippen LogP contribution in [0, 0.1) is 5.92 Å². The van der Waals surface area contributed by atoms with Crippen molar-refractivity contribution in [2.45, 2.75) is 38.8 Å². The van der Waals surface area contributed by atoms with Gasteiger partial charge >= 0.3 is 5.97 Å². The fraction of sp³-hybridized carbons (Fsp3) is 0.381. The second-order valence-electron chi connectivity index (χ2n) is 7.28. The van der Waals surface area contributed by atoms with Gasteiger partial charge in [-0.05, 0) is 41.7 Å². The number of carbonyl (C=O) groups is 3. The average Bonchev–Trinajstić information content (AvgIpc) is 3.15. The zero-order valence-electron chi connectivity index (χ0n) is 15.5. The van der Waals surface area contributed by atoms with Gasteiger partial charge in [-0.1, -0.05) is 44.2 Å². The quantitative estimate of drug-likeness (QED) is 0.849. The molecule has 0 radical (unpaired) electrons. The third-order valence-corrected chi connectivity index (χ3v) is 5.05. The van der Waals surface area contributed by atoms with Crippen molar-refractivity contribution in [3.8, 4) is 0 Å². The topological polar surface area (TPSA) is 86.7 Å². The molecule has 142 valence electrons. The summed E-state index contributed by atoms with van der Waals surface area (Å²) >= 11 is 0. The summed E-state index contributed by atoms with van der Waals surface area (Å²) in [6, 6.07) is 11.6. The number of hydrogen-bond donors (Lipinski definition) is 2. The molecule has 1 fully saturated rings. The van der Waals surface area contributed by atoms with Gasteiger partial charge in [-0.15, -0.1) is 0 Å². The summed E-state index contributed by atoms with van der Waals surface area (Å²) in [5.41, 5.74) is 0.475. The van der Waals surface area contributed by atoms with Gasteiger partial charge in [0.15, 0.2) is 0 Å². The summed E-state index contributed by atoms with van der Waals surface area (Å²) in [7, 11) is 0. The van der Waals surface area contributed by atoms with Crippen LogP contribution >= 0.6 is 0 Å². The van der Waals surface area contributed by atoms with E-state index in [-0.39, 0.29) is 17.7 Å². The van der Waals surface area contributed by atoms with Gasteiger partial charge in [-0.2, -0.15) is 0 Å². The maximum atomic E-state index is 12.9. The minimum Gasteiger partial charge on any atom is -0.480 e. The molecule has 1 aliphatic rings. The molecule has 6 heteroatoms. The van der Waals surface area contributed by atoms with E-state index in [9.17, 15) is 19.5 Å². The Bertz CT molecular complexity index is 877. The Morgan fingerprint density at radius 1 is 1.11 bits per heavy atom. The summed E-state index contributed by atoms with van der Waals surface area (Å²) in [6.45, 7) is 4.09. The van der Waals surface area contributed by atoms with Crippen LogP contribution in [0.4, 0.5) is 0 Å². The van der Waals surface area contributed by atoms with Crippen molar-refractivity contribution in [2.24, 2.45) is 5.92 Å². The van der Waals surface area contributed by atoms with Gasteiger partial charge in [0.2, 0.25) is 5.91 Å². The highest BCUT2D eigenvalue weighted by atomic mass is 16.4.